The number of thioether (sulfide) groups is 2. The number of carboxylic acid groups (broad SMARTS) is 1. The van der Waals surface area contributed by atoms with Crippen molar-refractivity contribution >= 4 is 65.2 Å². The number of benzene rings is 2. The van der Waals surface area contributed by atoms with Gasteiger partial charge in [-0.2, -0.15) is 0 Å². The summed E-state index contributed by atoms with van der Waals surface area (Å²) in [4.78, 5) is 89.9. The molecule has 20 heteroatoms. The van der Waals surface area contributed by atoms with Crippen molar-refractivity contribution in [3.8, 4) is 11.5 Å². The molecule has 18 nitrogen and oxygen atoms in total. The summed E-state index contributed by atoms with van der Waals surface area (Å²) in [5, 5.41) is 28.0. The SMILES string of the molecule is CC(=O)Oc1cccc(C(=O)NC(=O)NC(C(=O)NC2C(=O)N3C(C(=O)O)=C(CSc4nnnn4C)CS[C@@H]23)c2ccccc2)c1OC(C)=O. The maximum absolute atomic E-state index is 13.6. The molecule has 3 heterocycles. The van der Waals surface area contributed by atoms with Crippen molar-refractivity contribution in [1.29, 1.82) is 0 Å². The normalized spacial score (nSPS) is 17.1. The van der Waals surface area contributed by atoms with Gasteiger partial charge in [0.1, 0.15) is 23.2 Å². The van der Waals surface area contributed by atoms with Gasteiger partial charge < -0.3 is 25.2 Å². The highest BCUT2D eigenvalue weighted by molar-refractivity contribution is 8.01. The number of β-lactam (4-membered cyclic amide) rings is 1. The number of aliphatic carboxylic acids is 1. The lowest BCUT2D eigenvalue weighted by atomic mass is 10.0. The van der Waals surface area contributed by atoms with Gasteiger partial charge in [-0.15, -0.1) is 16.9 Å². The van der Waals surface area contributed by atoms with E-state index < -0.39 is 64.9 Å². The van der Waals surface area contributed by atoms with Gasteiger partial charge in [0.15, 0.2) is 11.5 Å². The molecule has 2 aliphatic rings. The molecule has 5 amide bonds. The molecule has 3 atom stereocenters. The third kappa shape index (κ3) is 7.76. The van der Waals surface area contributed by atoms with Crippen LogP contribution in [0.15, 0.2) is 65.0 Å². The van der Waals surface area contributed by atoms with Crippen LogP contribution in [0.4, 0.5) is 4.79 Å². The van der Waals surface area contributed by atoms with Crippen molar-refractivity contribution in [1.82, 2.24) is 41.1 Å². The Kier molecular flexibility index (Phi) is 10.8. The molecule has 260 valence electrons. The average Bonchev–Trinajstić information content (AvgIpc) is 3.49. The number of hydrogen-bond acceptors (Lipinski definition) is 14. The van der Waals surface area contributed by atoms with Crippen LogP contribution in [0.5, 0.6) is 11.5 Å². The zero-order valence-electron chi connectivity index (χ0n) is 26.4. The molecule has 2 aromatic carbocycles. The van der Waals surface area contributed by atoms with Crippen LogP contribution in [0.3, 0.4) is 0 Å². The van der Waals surface area contributed by atoms with Crippen LogP contribution >= 0.6 is 23.5 Å². The third-order valence-corrected chi connectivity index (χ3v) is 9.56. The van der Waals surface area contributed by atoms with Crippen LogP contribution in [0.1, 0.15) is 35.8 Å². The van der Waals surface area contributed by atoms with E-state index in [1.54, 1.807) is 37.4 Å². The molecule has 50 heavy (non-hydrogen) atoms. The number of aryl methyl sites for hydroxylation is 1. The highest BCUT2D eigenvalue weighted by atomic mass is 32.2. The maximum Gasteiger partial charge on any atom is 0.352 e. The molecule has 3 aromatic rings. The summed E-state index contributed by atoms with van der Waals surface area (Å²) < 4.78 is 11.5. The number of esters is 2. The minimum Gasteiger partial charge on any atom is -0.477 e. The quantitative estimate of drug-likeness (QED) is 0.0924. The van der Waals surface area contributed by atoms with Crippen LogP contribution in [-0.2, 0) is 31.0 Å². The smallest absolute Gasteiger partial charge is 0.352 e. The Bertz CT molecular complexity index is 1920. The van der Waals surface area contributed by atoms with Crippen molar-refractivity contribution in [3.05, 3.63) is 70.9 Å². The molecule has 0 saturated carbocycles. The van der Waals surface area contributed by atoms with Gasteiger partial charge in [-0.25, -0.2) is 14.3 Å². The molecule has 2 aliphatic heterocycles. The van der Waals surface area contributed by atoms with Gasteiger partial charge in [0, 0.05) is 32.4 Å². The Morgan fingerprint density at radius 3 is 2.40 bits per heavy atom. The van der Waals surface area contributed by atoms with Crippen molar-refractivity contribution in [3.63, 3.8) is 0 Å². The molecule has 2 unspecified atom stereocenters. The predicted octanol–water partition coefficient (Wildman–Crippen LogP) is 0.772. The maximum atomic E-state index is 13.6. The second-order valence-electron chi connectivity index (χ2n) is 10.6. The number of urea groups is 1. The summed E-state index contributed by atoms with van der Waals surface area (Å²) in [6.07, 6.45) is 0. The van der Waals surface area contributed by atoms with Crippen molar-refractivity contribution in [2.75, 3.05) is 11.5 Å². The fourth-order valence-corrected chi connectivity index (χ4v) is 7.32. The van der Waals surface area contributed by atoms with Gasteiger partial charge in [0.2, 0.25) is 11.1 Å². The van der Waals surface area contributed by atoms with Gasteiger partial charge in [-0.1, -0.05) is 48.2 Å². The lowest BCUT2D eigenvalue weighted by Crippen LogP contribution is -2.71. The van der Waals surface area contributed by atoms with E-state index in [9.17, 15) is 38.7 Å². The second-order valence-corrected chi connectivity index (χ2v) is 12.7. The van der Waals surface area contributed by atoms with Gasteiger partial charge in [0.25, 0.3) is 11.8 Å². The van der Waals surface area contributed by atoms with Gasteiger partial charge in [-0.05, 0) is 33.7 Å². The Morgan fingerprint density at radius 1 is 1.04 bits per heavy atom. The molecular formula is C30H28N8O10S2. The highest BCUT2D eigenvalue weighted by Crippen LogP contribution is 2.41. The number of ether oxygens (including phenoxy) is 2. The summed E-state index contributed by atoms with van der Waals surface area (Å²) >= 11 is 2.47. The van der Waals surface area contributed by atoms with Gasteiger partial charge in [-0.3, -0.25) is 34.2 Å². The number of imide groups is 1. The highest BCUT2D eigenvalue weighted by Gasteiger charge is 2.54. The number of fused-ring (bicyclic) bond motifs is 1. The minimum absolute atomic E-state index is 0.187. The molecule has 1 aromatic heterocycles. The van der Waals surface area contributed by atoms with Gasteiger partial charge in [0.05, 0.1) is 5.56 Å². The number of carboxylic acids is 1. The lowest BCUT2D eigenvalue weighted by Gasteiger charge is -2.49. The number of tetrazole rings is 1. The Hall–Kier alpha value is -5.76. The predicted molar refractivity (Wildman–Crippen MR) is 173 cm³/mol. The Labute approximate surface area is 291 Å². The fourth-order valence-electron chi connectivity index (χ4n) is 4.99. The molecule has 1 fully saturated rings. The summed E-state index contributed by atoms with van der Waals surface area (Å²) in [5.74, 6) is -5.60. The third-order valence-electron chi connectivity index (χ3n) is 7.12. The summed E-state index contributed by atoms with van der Waals surface area (Å²) in [6.45, 7) is 2.17. The number of amides is 5. The first-order valence-electron chi connectivity index (χ1n) is 14.6. The fraction of sp³-hybridized carbons (Fsp3) is 0.267. The molecule has 1 saturated heterocycles. The second kappa shape index (κ2) is 15.2. The number of nitrogens with one attached hydrogen (secondary N) is 3. The van der Waals surface area contributed by atoms with Crippen LogP contribution in [0.2, 0.25) is 0 Å². The molecule has 0 radical (unpaired) electrons. The van der Waals surface area contributed by atoms with E-state index in [-0.39, 0.29) is 28.5 Å². The average molecular weight is 725 g/mol. The molecule has 4 N–H and O–H groups in total. The number of para-hydroxylation sites is 1. The summed E-state index contributed by atoms with van der Waals surface area (Å²) in [6, 6.07) is 8.16. The Balaban J connectivity index is 1.30. The van der Waals surface area contributed by atoms with E-state index in [4.69, 9.17) is 9.47 Å². The number of nitrogens with zero attached hydrogens (tertiary/aromatic N) is 5. The van der Waals surface area contributed by atoms with E-state index in [1.807, 2.05) is 0 Å². The number of carbonyl (C=O) groups is 7. The number of aromatic nitrogens is 4. The van der Waals surface area contributed by atoms with Crippen molar-refractivity contribution in [2.45, 2.75) is 36.5 Å². The number of carbonyl (C=O) groups excluding carboxylic acids is 6. The Morgan fingerprint density at radius 2 is 1.76 bits per heavy atom. The van der Waals surface area contributed by atoms with E-state index >= 15 is 0 Å². The zero-order valence-corrected chi connectivity index (χ0v) is 28.1. The molecule has 0 spiro atoms. The van der Waals surface area contributed by atoms with Crippen LogP contribution in [-0.4, -0.2) is 94.8 Å². The summed E-state index contributed by atoms with van der Waals surface area (Å²) in [7, 11) is 1.64. The van der Waals surface area contributed by atoms with E-state index in [2.05, 4.69) is 31.5 Å². The van der Waals surface area contributed by atoms with Crippen molar-refractivity contribution in [2.24, 2.45) is 7.05 Å². The van der Waals surface area contributed by atoms with E-state index in [0.717, 1.165) is 18.7 Å². The number of hydrogen-bond donors (Lipinski definition) is 4. The monoisotopic (exact) mass is 724 g/mol. The molecule has 0 aliphatic carbocycles. The molecule has 5 rings (SSSR count). The first-order valence-corrected chi connectivity index (χ1v) is 16.6. The first-order chi connectivity index (χ1) is 23.8. The van der Waals surface area contributed by atoms with E-state index in [0.29, 0.717) is 16.3 Å². The van der Waals surface area contributed by atoms with Crippen LogP contribution < -0.4 is 25.4 Å². The minimum atomic E-state index is -1.42. The zero-order chi connectivity index (χ0) is 36.1. The standard InChI is InChI=1S/C30H28N8O10S2/c1-14(39)47-19-11-7-10-18(23(19)48-15(2)40)24(41)33-29(46)32-20(16-8-5-4-6-9-16)25(42)31-21-26(43)38-22(28(44)45)17(12-49-27(21)38)13-50-30-34-35-36-37(30)3/h4-11,20-21,27H,12-13H2,1-3H3,(H,31,42)(H,44,45)(H2,32,33,41,46)/t20?,21?,27-/m0/s1. The summed E-state index contributed by atoms with van der Waals surface area (Å²) in [5.41, 5.74) is 0.268. The van der Waals surface area contributed by atoms with Crippen LogP contribution in [0.25, 0.3) is 0 Å². The van der Waals surface area contributed by atoms with E-state index in [1.165, 1.54) is 46.4 Å². The lowest BCUT2D eigenvalue weighted by molar-refractivity contribution is -0.151. The van der Waals surface area contributed by atoms with Gasteiger partial charge >= 0.3 is 23.9 Å². The molecular weight excluding hydrogens is 697 g/mol. The number of rotatable bonds is 11. The van der Waals surface area contributed by atoms with Crippen molar-refractivity contribution < 1.29 is 48.1 Å². The molecule has 0 bridgehead atoms. The largest absolute Gasteiger partial charge is 0.477 e. The topological polar surface area (TPSA) is 241 Å². The first kappa shape index (κ1) is 35.5. The van der Waals surface area contributed by atoms with Crippen LogP contribution in [0, 0.1) is 0 Å².